The first-order valence-corrected chi connectivity index (χ1v) is 9.04. The van der Waals surface area contributed by atoms with Crippen LogP contribution in [-0.2, 0) is 43.5 Å². The van der Waals surface area contributed by atoms with Crippen LogP contribution in [0, 0.1) is 0 Å². The van der Waals surface area contributed by atoms with Crippen molar-refractivity contribution in [1.29, 1.82) is 0 Å². The predicted molar refractivity (Wildman–Crippen MR) is 75.3 cm³/mol. The lowest BCUT2D eigenvalue weighted by Gasteiger charge is -2.44. The highest BCUT2D eigenvalue weighted by Crippen LogP contribution is 2.29. The van der Waals surface area contributed by atoms with Crippen LogP contribution < -0.4 is 16.1 Å². The van der Waals surface area contributed by atoms with Gasteiger partial charge in [-0.25, -0.2) is 13.3 Å². The molecule has 168 valence electrons. The van der Waals surface area contributed by atoms with Crippen LogP contribution in [0.25, 0.3) is 0 Å². The molecule has 2 aliphatic heterocycles. The number of hydrogen-bond donors (Lipinski definition) is 4. The molecule has 0 bridgehead atoms. The van der Waals surface area contributed by atoms with Crippen molar-refractivity contribution in [2.45, 2.75) is 49.1 Å². The zero-order valence-corrected chi connectivity index (χ0v) is 14.9. The van der Waals surface area contributed by atoms with Crippen LogP contribution in [0.2, 0.25) is 0 Å². The number of aliphatic hydroxyl groups is 3. The van der Waals surface area contributed by atoms with Gasteiger partial charge < -0.3 is 55.0 Å². The average Bonchev–Trinajstić information content (AvgIpc) is 2.62. The van der Waals surface area contributed by atoms with Gasteiger partial charge in [-0.15, -0.1) is 0 Å². The van der Waals surface area contributed by atoms with Gasteiger partial charge in [0.15, 0.2) is 6.29 Å². The molecule has 3 unspecified atom stereocenters. The van der Waals surface area contributed by atoms with Gasteiger partial charge in [-0.05, 0) is 6.08 Å². The summed E-state index contributed by atoms with van der Waals surface area (Å²) in [5.74, 6) is -2.79. The van der Waals surface area contributed by atoms with E-state index in [0.29, 0.717) is 6.08 Å². The highest BCUT2D eigenvalue weighted by molar-refractivity contribution is 7.80. The summed E-state index contributed by atoms with van der Waals surface area (Å²) in [5, 5.41) is 54.1. The quantitative estimate of drug-likeness (QED) is 0.117. The molecule has 29 heavy (non-hydrogen) atoms. The smallest absolute Gasteiger partial charge is 0.229 e. The second kappa shape index (κ2) is 9.55. The normalized spacial score (nSPS) is 38.2. The SMILES string of the molecule is NC1[C@H](O)OC(COS(=O)(=O)[O-])[C@@H](O[C@@H]2OC(C(=O)[O-])=C[C@H](O)C2O)[C@@H]1OO[O-]. The molecule has 0 saturated carbocycles. The molecule has 17 heteroatoms. The Labute approximate surface area is 162 Å². The van der Waals surface area contributed by atoms with Crippen LogP contribution >= 0.6 is 0 Å². The predicted octanol–water partition coefficient (Wildman–Crippen LogP) is -6.80. The maximum absolute atomic E-state index is 10.9. The number of hydrogen-bond acceptors (Lipinski definition) is 16. The summed E-state index contributed by atoms with van der Waals surface area (Å²) in [6, 6.07) is -1.55. The zero-order valence-electron chi connectivity index (χ0n) is 14.1. The Bertz CT molecular complexity index is 712. The number of carbonyl (C=O) groups excluding carboxylic acids is 1. The van der Waals surface area contributed by atoms with E-state index in [-0.39, 0.29) is 0 Å². The van der Waals surface area contributed by atoms with Crippen LogP contribution in [0.15, 0.2) is 11.8 Å². The number of carboxylic acids is 1. The van der Waals surface area contributed by atoms with E-state index in [1.165, 1.54) is 0 Å². The van der Waals surface area contributed by atoms with Crippen molar-refractivity contribution in [2.75, 3.05) is 6.61 Å². The second-order valence-corrected chi connectivity index (χ2v) is 6.90. The molecule has 0 spiro atoms. The van der Waals surface area contributed by atoms with Gasteiger partial charge in [-0.3, -0.25) is 9.22 Å². The first-order valence-electron chi connectivity index (χ1n) is 7.70. The number of aliphatic carboxylic acids is 1. The summed E-state index contributed by atoms with van der Waals surface area (Å²) >= 11 is 0. The van der Waals surface area contributed by atoms with Gasteiger partial charge >= 0.3 is 0 Å². The second-order valence-electron chi connectivity index (χ2n) is 5.85. The fraction of sp³-hybridized carbons (Fsp3) is 0.750. The minimum absolute atomic E-state index is 0.617. The van der Waals surface area contributed by atoms with Crippen LogP contribution in [-0.4, -0.2) is 90.0 Å². The van der Waals surface area contributed by atoms with Crippen LogP contribution in [0.5, 0.6) is 0 Å². The Balaban J connectivity index is 2.28. The average molecular weight is 446 g/mol. The van der Waals surface area contributed by atoms with Crippen molar-refractivity contribution in [1.82, 2.24) is 0 Å². The molecule has 0 aromatic rings. The summed E-state index contributed by atoms with van der Waals surface area (Å²) < 4.78 is 51.1. The molecule has 1 saturated heterocycles. The maximum atomic E-state index is 10.9. The first kappa shape index (κ1) is 23.8. The van der Waals surface area contributed by atoms with Crippen molar-refractivity contribution >= 4 is 16.4 Å². The lowest BCUT2D eigenvalue weighted by atomic mass is 9.97. The Kier molecular flexibility index (Phi) is 7.84. The first-order chi connectivity index (χ1) is 13.4. The van der Waals surface area contributed by atoms with Gasteiger partial charge in [0.05, 0.1) is 12.6 Å². The molecule has 0 radical (unpaired) electrons. The zero-order chi connectivity index (χ0) is 21.9. The van der Waals surface area contributed by atoms with Gasteiger partial charge in [-0.1, -0.05) is 0 Å². The fourth-order valence-corrected chi connectivity index (χ4v) is 2.88. The Morgan fingerprint density at radius 3 is 2.48 bits per heavy atom. The van der Waals surface area contributed by atoms with E-state index in [2.05, 4.69) is 14.1 Å². The van der Waals surface area contributed by atoms with Gasteiger partial charge in [0.25, 0.3) is 0 Å². The van der Waals surface area contributed by atoms with E-state index < -0.39 is 77.9 Å². The standard InChI is InChI=1S/C12H19NO15S/c13-6-9(27-28-19)8(5(24-11(6)18)2-23-29(20,21)22)26-12-7(15)3(14)1-4(25-12)10(16)17/h1,3,5-9,11-12,14-15,18-19H,2,13H2,(H,16,17)(H,20,21,22)/p-3/t3-,5?,6?,7?,8+,9+,11+,12-/m0/s1. The number of aliphatic hydroxyl groups excluding tert-OH is 3. The highest BCUT2D eigenvalue weighted by Gasteiger charge is 2.49. The molecule has 16 nitrogen and oxygen atoms in total. The Hall–Kier alpha value is -1.48. The minimum Gasteiger partial charge on any atom is -0.726 e. The van der Waals surface area contributed by atoms with Crippen molar-refractivity contribution in [3.8, 4) is 0 Å². The van der Waals surface area contributed by atoms with Crippen molar-refractivity contribution in [2.24, 2.45) is 5.73 Å². The molecule has 0 aliphatic carbocycles. The number of rotatable bonds is 8. The fourth-order valence-electron chi connectivity index (χ4n) is 2.58. The number of carbonyl (C=O) groups is 1. The van der Waals surface area contributed by atoms with E-state index in [9.17, 15) is 43.4 Å². The number of nitrogens with two attached hydrogens (primary N) is 1. The van der Waals surface area contributed by atoms with Gasteiger partial charge in [0.1, 0.15) is 42.2 Å². The van der Waals surface area contributed by atoms with E-state index >= 15 is 0 Å². The highest BCUT2D eigenvalue weighted by atomic mass is 32.3. The number of carboxylic acid groups (broad SMARTS) is 1. The van der Waals surface area contributed by atoms with E-state index in [1.807, 2.05) is 0 Å². The molecule has 5 N–H and O–H groups in total. The Morgan fingerprint density at radius 1 is 1.28 bits per heavy atom. The summed E-state index contributed by atoms with van der Waals surface area (Å²) in [6.07, 6.45) is -12.0. The lowest BCUT2D eigenvalue weighted by Crippen LogP contribution is -2.65. The maximum Gasteiger partial charge on any atom is 0.229 e. The topological polar surface area (TPSA) is 262 Å². The molecule has 8 atom stereocenters. The van der Waals surface area contributed by atoms with Gasteiger partial charge in [0.2, 0.25) is 16.7 Å². The largest absolute Gasteiger partial charge is 0.726 e. The minimum atomic E-state index is -5.23. The molecule has 1 fully saturated rings. The summed E-state index contributed by atoms with van der Waals surface area (Å²) in [5.41, 5.74) is 5.60. The molecule has 0 aromatic heterocycles. The summed E-state index contributed by atoms with van der Waals surface area (Å²) in [7, 11) is -5.23. The van der Waals surface area contributed by atoms with Crippen molar-refractivity contribution < 1.29 is 71.8 Å². The monoisotopic (exact) mass is 446 g/mol. The molecule has 0 amide bonds. The van der Waals surface area contributed by atoms with E-state index in [4.69, 9.17) is 19.9 Å². The molecule has 2 aliphatic rings. The molecular formula is C12H16NO15S-3. The third-order valence-corrected chi connectivity index (χ3v) is 4.35. The third-order valence-electron chi connectivity index (χ3n) is 3.93. The molecule has 0 aromatic carbocycles. The third kappa shape index (κ3) is 6.01. The molecule has 2 heterocycles. The van der Waals surface area contributed by atoms with Crippen LogP contribution in [0.1, 0.15) is 0 Å². The summed E-state index contributed by atoms with van der Waals surface area (Å²) in [4.78, 5) is 15.3. The van der Waals surface area contributed by atoms with E-state index in [0.717, 1.165) is 0 Å². The van der Waals surface area contributed by atoms with Crippen molar-refractivity contribution in [3.63, 3.8) is 0 Å². The van der Waals surface area contributed by atoms with Crippen LogP contribution in [0.3, 0.4) is 0 Å². The molecular weight excluding hydrogens is 430 g/mol. The van der Waals surface area contributed by atoms with Crippen LogP contribution in [0.4, 0.5) is 0 Å². The van der Waals surface area contributed by atoms with E-state index in [1.54, 1.807) is 0 Å². The number of ether oxygens (including phenoxy) is 3. The van der Waals surface area contributed by atoms with Crippen molar-refractivity contribution in [3.05, 3.63) is 11.8 Å². The van der Waals surface area contributed by atoms with Gasteiger partial charge in [-0.2, -0.15) is 0 Å². The lowest BCUT2D eigenvalue weighted by molar-refractivity contribution is -0.807. The van der Waals surface area contributed by atoms with Gasteiger partial charge in [0, 0.05) is 0 Å². The summed E-state index contributed by atoms with van der Waals surface area (Å²) in [6.45, 7) is -1.08. The Morgan fingerprint density at radius 2 is 1.93 bits per heavy atom. The molecule has 2 rings (SSSR count).